The van der Waals surface area contributed by atoms with Gasteiger partial charge in [-0.05, 0) is 81.4 Å². The van der Waals surface area contributed by atoms with Crippen molar-refractivity contribution in [2.75, 3.05) is 51.1 Å². The van der Waals surface area contributed by atoms with Crippen LogP contribution in [0.15, 0.2) is 24.3 Å². The minimum Gasteiger partial charge on any atom is -0.481 e. The summed E-state index contributed by atoms with van der Waals surface area (Å²) in [6.07, 6.45) is 3.09. The molecule has 0 fully saturated rings. The van der Waals surface area contributed by atoms with Crippen LogP contribution in [0.25, 0.3) is 0 Å². The number of unbranched alkanes of at least 4 members (excludes halogenated alkanes) is 3. The van der Waals surface area contributed by atoms with Gasteiger partial charge in [0.05, 0.1) is 0 Å². The first kappa shape index (κ1) is 46.4. The average molecular weight is 768 g/mol. The zero-order chi connectivity index (χ0) is 39.4. The Morgan fingerprint density at radius 3 is 2.08 bits per heavy atom. The van der Waals surface area contributed by atoms with E-state index in [1.54, 1.807) is 0 Å². The maximum Gasteiger partial charge on any atom is 0.326 e. The summed E-state index contributed by atoms with van der Waals surface area (Å²) in [5.74, 6) is -4.65. The minimum absolute atomic E-state index is 0.0147. The number of thiocarbonyl (C=S) groups is 1. The van der Waals surface area contributed by atoms with Gasteiger partial charge in [-0.15, -0.1) is 0 Å². The fourth-order valence-corrected chi connectivity index (χ4v) is 5.16. The highest BCUT2D eigenvalue weighted by atomic mass is 32.1. The van der Waals surface area contributed by atoms with Crippen molar-refractivity contribution in [1.82, 2.24) is 37.2 Å². The molecule has 4 amide bonds. The molecule has 0 saturated heterocycles. The number of likely N-dealkylation sites (N-methyl/N-ethyl adjacent to an activating group) is 1. The van der Waals surface area contributed by atoms with Gasteiger partial charge in [0.1, 0.15) is 18.6 Å². The zero-order valence-electron chi connectivity index (χ0n) is 30.3. The third-order valence-electron chi connectivity index (χ3n) is 7.73. The molecule has 3 atom stereocenters. The monoisotopic (exact) mass is 767 g/mol. The number of carboxylic acid groups (broad SMARTS) is 3. The molecule has 0 aliphatic heterocycles. The summed E-state index contributed by atoms with van der Waals surface area (Å²) < 4.78 is 0. The van der Waals surface area contributed by atoms with E-state index in [2.05, 4.69) is 44.1 Å². The van der Waals surface area contributed by atoms with Crippen LogP contribution in [0.1, 0.15) is 70.3 Å². The lowest BCUT2D eigenvalue weighted by Crippen LogP contribution is -2.47. The number of carbonyl (C=O) groups excluding carboxylic acids is 3. The van der Waals surface area contributed by atoms with Gasteiger partial charge in [0.25, 0.3) is 0 Å². The summed E-state index contributed by atoms with van der Waals surface area (Å²) in [5.41, 5.74) is 8.22. The molecule has 0 radical (unpaired) electrons. The van der Waals surface area contributed by atoms with E-state index in [0.717, 1.165) is 50.3 Å². The number of rotatable bonds is 29. The standard InChI is InChI=1S/C34H57N9O9S/c1-2-36-18-19-37-21-24(35)20-23-10-12-25(13-11-23)41-34(53)39-17-6-3-4-9-28(44)42-26(14-15-29(45)46)31(49)38-16-7-5-8-27(32(50)51)43-33(52)40-22-30(47)48/h10-13,24,26-27,36-37H,2-9,14-22,35H2,1H3,(H,38,49)(H,42,44)(H,45,46)(H,47,48)(H,50,51)(H2,39,41,53)(H2,40,43,52). The smallest absolute Gasteiger partial charge is 0.326 e. The van der Waals surface area contributed by atoms with Gasteiger partial charge in [-0.2, -0.15) is 0 Å². The molecule has 298 valence electrons. The topological polar surface area (TPSA) is 285 Å². The number of carboxylic acids is 3. The highest BCUT2D eigenvalue weighted by Crippen LogP contribution is 2.11. The van der Waals surface area contributed by atoms with E-state index in [9.17, 15) is 33.9 Å². The van der Waals surface area contributed by atoms with Crippen LogP contribution in [0, 0.1) is 0 Å². The highest BCUT2D eigenvalue weighted by molar-refractivity contribution is 7.80. The molecular weight excluding hydrogens is 710 g/mol. The molecule has 0 saturated carbocycles. The third kappa shape index (κ3) is 24.3. The van der Waals surface area contributed by atoms with E-state index in [1.165, 1.54) is 0 Å². The second-order valence-corrected chi connectivity index (χ2v) is 12.8. The van der Waals surface area contributed by atoms with Crippen LogP contribution in [0.3, 0.4) is 0 Å². The number of carbonyl (C=O) groups is 6. The first-order valence-electron chi connectivity index (χ1n) is 17.9. The molecular formula is C34H57N9O9S. The predicted molar refractivity (Wildman–Crippen MR) is 203 cm³/mol. The van der Waals surface area contributed by atoms with E-state index >= 15 is 0 Å². The van der Waals surface area contributed by atoms with E-state index in [4.69, 9.17) is 28.2 Å². The zero-order valence-corrected chi connectivity index (χ0v) is 31.2. The van der Waals surface area contributed by atoms with Crippen LogP contribution in [0.5, 0.6) is 0 Å². The maximum absolute atomic E-state index is 12.7. The second kappa shape index (κ2) is 28.0. The largest absolute Gasteiger partial charge is 0.481 e. The van der Waals surface area contributed by atoms with Crippen molar-refractivity contribution in [2.24, 2.45) is 5.73 Å². The Labute approximate surface area is 315 Å². The summed E-state index contributed by atoms with van der Waals surface area (Å²) in [5, 5.41) is 49.8. The molecule has 0 bridgehead atoms. The minimum atomic E-state index is -1.30. The quantitative estimate of drug-likeness (QED) is 0.0380. The normalized spacial score (nSPS) is 12.4. The van der Waals surface area contributed by atoms with Crippen molar-refractivity contribution in [2.45, 2.75) is 89.3 Å². The van der Waals surface area contributed by atoms with Crippen molar-refractivity contribution in [1.29, 1.82) is 0 Å². The summed E-state index contributed by atoms with van der Waals surface area (Å²) in [4.78, 5) is 70.1. The van der Waals surface area contributed by atoms with E-state index in [0.29, 0.717) is 30.9 Å². The molecule has 1 aromatic rings. The van der Waals surface area contributed by atoms with Crippen LogP contribution in [0.4, 0.5) is 10.5 Å². The molecule has 0 heterocycles. The SMILES string of the molecule is CCNCCNCC(N)Cc1ccc(NC(=S)NCCCCCC(=O)NC(CCC(=O)O)C(=O)NCCCCC(NC(=O)NCC(=O)O)C(=O)O)cc1. The van der Waals surface area contributed by atoms with Crippen LogP contribution < -0.4 is 48.3 Å². The Hall–Kier alpha value is -4.59. The fraction of sp³-hybridized carbons (Fsp3) is 0.618. The van der Waals surface area contributed by atoms with Crippen LogP contribution in [-0.2, 0) is 30.4 Å². The molecule has 0 aromatic heterocycles. The number of benzene rings is 1. The Balaban J connectivity index is 2.33. The third-order valence-corrected chi connectivity index (χ3v) is 7.98. The van der Waals surface area contributed by atoms with E-state index < -0.39 is 48.5 Å². The Bertz CT molecular complexity index is 1300. The lowest BCUT2D eigenvalue weighted by atomic mass is 10.1. The lowest BCUT2D eigenvalue weighted by molar-refractivity contribution is -0.140. The number of anilines is 1. The Kier molecular flexibility index (Phi) is 24.5. The van der Waals surface area contributed by atoms with E-state index in [-0.39, 0.29) is 50.6 Å². The maximum atomic E-state index is 12.7. The lowest BCUT2D eigenvalue weighted by Gasteiger charge is -2.18. The number of nitrogens with one attached hydrogen (secondary N) is 8. The van der Waals surface area contributed by atoms with Crippen molar-refractivity contribution in [3.63, 3.8) is 0 Å². The Morgan fingerprint density at radius 1 is 0.736 bits per heavy atom. The first-order valence-corrected chi connectivity index (χ1v) is 18.3. The summed E-state index contributed by atoms with van der Waals surface area (Å²) >= 11 is 5.39. The van der Waals surface area contributed by atoms with Gasteiger partial charge in [0.15, 0.2) is 5.11 Å². The van der Waals surface area contributed by atoms with Gasteiger partial charge in [-0.25, -0.2) is 9.59 Å². The number of amides is 4. The average Bonchev–Trinajstić information content (AvgIpc) is 3.10. The summed E-state index contributed by atoms with van der Waals surface area (Å²) in [6.45, 7) is 5.58. The molecule has 0 aliphatic rings. The molecule has 0 spiro atoms. The van der Waals surface area contributed by atoms with Gasteiger partial charge in [0.2, 0.25) is 11.8 Å². The molecule has 3 unspecified atom stereocenters. The summed E-state index contributed by atoms with van der Waals surface area (Å²) in [7, 11) is 0. The highest BCUT2D eigenvalue weighted by Gasteiger charge is 2.22. The number of urea groups is 1. The van der Waals surface area contributed by atoms with Gasteiger partial charge in [-0.1, -0.05) is 25.5 Å². The van der Waals surface area contributed by atoms with Crippen molar-refractivity contribution >= 4 is 58.8 Å². The second-order valence-electron chi connectivity index (χ2n) is 12.4. The number of aliphatic carboxylic acids is 3. The van der Waals surface area contributed by atoms with Gasteiger partial charge >= 0.3 is 23.9 Å². The molecule has 1 rings (SSSR count). The van der Waals surface area contributed by atoms with E-state index in [1.807, 2.05) is 29.6 Å². The number of hydrogen-bond acceptors (Lipinski definition) is 10. The fourth-order valence-electron chi connectivity index (χ4n) is 4.94. The molecule has 1 aromatic carbocycles. The number of nitrogens with two attached hydrogens (primary N) is 1. The van der Waals surface area contributed by atoms with Crippen molar-refractivity contribution < 1.29 is 44.1 Å². The Morgan fingerprint density at radius 2 is 1.42 bits per heavy atom. The van der Waals surface area contributed by atoms with Gasteiger partial charge in [0, 0.05) is 57.3 Å². The van der Waals surface area contributed by atoms with Crippen LogP contribution in [-0.4, -0.2) is 120 Å². The first-order chi connectivity index (χ1) is 25.3. The van der Waals surface area contributed by atoms with Crippen LogP contribution in [0.2, 0.25) is 0 Å². The molecule has 19 heteroatoms. The molecule has 13 N–H and O–H groups in total. The molecule has 53 heavy (non-hydrogen) atoms. The van der Waals surface area contributed by atoms with Crippen molar-refractivity contribution in [3.05, 3.63) is 29.8 Å². The van der Waals surface area contributed by atoms with Gasteiger partial charge < -0.3 is 63.6 Å². The molecule has 0 aliphatic carbocycles. The predicted octanol–water partition coefficient (Wildman–Crippen LogP) is 0.0754. The summed E-state index contributed by atoms with van der Waals surface area (Å²) in [6, 6.07) is 4.68. The van der Waals surface area contributed by atoms with Crippen molar-refractivity contribution in [3.8, 4) is 0 Å². The van der Waals surface area contributed by atoms with Gasteiger partial charge in [-0.3, -0.25) is 19.2 Å². The molecule has 18 nitrogen and oxygen atoms in total. The number of hydrogen-bond donors (Lipinski definition) is 12. The van der Waals surface area contributed by atoms with Crippen LogP contribution >= 0.6 is 12.2 Å².